The molecule has 3 aromatic rings. The van der Waals surface area contributed by atoms with Gasteiger partial charge in [0.25, 0.3) is 0 Å². The van der Waals surface area contributed by atoms with Crippen molar-refractivity contribution in [1.82, 2.24) is 9.97 Å². The van der Waals surface area contributed by atoms with E-state index in [2.05, 4.69) is 16.0 Å². The summed E-state index contributed by atoms with van der Waals surface area (Å²) >= 11 is 0. The van der Waals surface area contributed by atoms with Crippen LogP contribution in [0.4, 0.5) is 5.82 Å². The summed E-state index contributed by atoms with van der Waals surface area (Å²) in [6, 6.07) is 9.37. The predicted molar refractivity (Wildman–Crippen MR) is 66.4 cm³/mol. The molecule has 5 nitrogen and oxygen atoms in total. The van der Waals surface area contributed by atoms with Crippen LogP contribution in [0, 0.1) is 11.3 Å². The van der Waals surface area contributed by atoms with E-state index in [-0.39, 0.29) is 5.82 Å². The Morgan fingerprint density at radius 2 is 2.11 bits per heavy atom. The number of aromatic nitrogens is 2. The quantitative estimate of drug-likeness (QED) is 0.700. The summed E-state index contributed by atoms with van der Waals surface area (Å²) in [5.41, 5.74) is 9.11. The van der Waals surface area contributed by atoms with Gasteiger partial charge >= 0.3 is 0 Å². The number of pyridine rings is 1. The molecule has 0 aliphatic rings. The zero-order valence-corrected chi connectivity index (χ0v) is 9.29. The maximum absolute atomic E-state index is 9.13. The second-order valence-corrected chi connectivity index (χ2v) is 3.77. The molecule has 5 heteroatoms. The lowest BCUT2D eigenvalue weighted by Gasteiger charge is -2.05. The lowest BCUT2D eigenvalue weighted by atomic mass is 10.0. The molecule has 2 heterocycles. The Kier molecular flexibility index (Phi) is 2.21. The molecule has 0 bridgehead atoms. The highest BCUT2D eigenvalue weighted by Gasteiger charge is 2.10. The third-order valence-corrected chi connectivity index (χ3v) is 2.73. The Balaban J connectivity index is 2.26. The molecule has 0 spiro atoms. The van der Waals surface area contributed by atoms with Crippen molar-refractivity contribution < 1.29 is 4.42 Å². The number of rotatable bonds is 1. The molecular formula is C13H8N4O. The zero-order chi connectivity index (χ0) is 12.5. The Labute approximate surface area is 103 Å². The van der Waals surface area contributed by atoms with Crippen LogP contribution in [0.15, 0.2) is 41.3 Å². The Hall–Kier alpha value is -2.87. The molecule has 0 fully saturated rings. The van der Waals surface area contributed by atoms with Gasteiger partial charge in [-0.05, 0) is 23.8 Å². The van der Waals surface area contributed by atoms with E-state index in [9.17, 15) is 0 Å². The molecule has 0 amide bonds. The summed E-state index contributed by atoms with van der Waals surface area (Å²) in [5.74, 6) is 0.229. The minimum atomic E-state index is 0.229. The van der Waals surface area contributed by atoms with E-state index in [0.717, 1.165) is 16.6 Å². The van der Waals surface area contributed by atoms with Crippen LogP contribution in [-0.4, -0.2) is 9.97 Å². The van der Waals surface area contributed by atoms with Gasteiger partial charge in [-0.2, -0.15) is 5.26 Å². The summed E-state index contributed by atoms with van der Waals surface area (Å²) in [6.07, 6.45) is 2.97. The molecule has 1 aromatic carbocycles. The number of oxazole rings is 1. The van der Waals surface area contributed by atoms with E-state index >= 15 is 0 Å². The van der Waals surface area contributed by atoms with Crippen LogP contribution in [0.25, 0.3) is 22.2 Å². The van der Waals surface area contributed by atoms with E-state index in [1.54, 1.807) is 12.3 Å². The normalized spacial score (nSPS) is 10.4. The topological polar surface area (TPSA) is 88.7 Å². The van der Waals surface area contributed by atoms with Crippen molar-refractivity contribution in [1.29, 1.82) is 5.26 Å². The van der Waals surface area contributed by atoms with Crippen molar-refractivity contribution >= 4 is 16.9 Å². The van der Waals surface area contributed by atoms with Crippen molar-refractivity contribution in [3.63, 3.8) is 0 Å². The van der Waals surface area contributed by atoms with Gasteiger partial charge in [0.05, 0.1) is 0 Å². The van der Waals surface area contributed by atoms with Crippen LogP contribution >= 0.6 is 0 Å². The number of anilines is 1. The highest BCUT2D eigenvalue weighted by Crippen LogP contribution is 2.28. The van der Waals surface area contributed by atoms with E-state index < -0.39 is 0 Å². The first-order valence-electron chi connectivity index (χ1n) is 5.28. The summed E-state index contributed by atoms with van der Waals surface area (Å²) in [6.45, 7) is 0. The average molecular weight is 236 g/mol. The number of fused-ring (bicyclic) bond motifs is 1. The molecule has 18 heavy (non-hydrogen) atoms. The molecule has 0 aliphatic heterocycles. The maximum atomic E-state index is 9.13. The molecular weight excluding hydrogens is 228 g/mol. The fraction of sp³-hybridized carbons (Fsp3) is 0. The smallest absolute Gasteiger partial charge is 0.181 e. The number of nitrogen functional groups attached to an aromatic ring is 1. The number of hydrogen-bond donors (Lipinski definition) is 1. The second-order valence-electron chi connectivity index (χ2n) is 3.77. The van der Waals surface area contributed by atoms with Gasteiger partial charge in [-0.15, -0.1) is 0 Å². The molecule has 0 aliphatic carbocycles. The molecule has 0 unspecified atom stereocenters. The third-order valence-electron chi connectivity index (χ3n) is 2.73. The zero-order valence-electron chi connectivity index (χ0n) is 9.29. The van der Waals surface area contributed by atoms with Crippen LogP contribution in [-0.2, 0) is 0 Å². The van der Waals surface area contributed by atoms with E-state index in [1.165, 1.54) is 6.39 Å². The van der Waals surface area contributed by atoms with Crippen LogP contribution in [0.1, 0.15) is 5.56 Å². The van der Waals surface area contributed by atoms with Gasteiger partial charge in [0.15, 0.2) is 12.0 Å². The van der Waals surface area contributed by atoms with Gasteiger partial charge < -0.3 is 10.2 Å². The Bertz CT molecular complexity index is 770. The van der Waals surface area contributed by atoms with Gasteiger partial charge in [0.2, 0.25) is 0 Å². The number of benzene rings is 1. The molecule has 2 N–H and O–H groups in total. The van der Waals surface area contributed by atoms with Crippen LogP contribution in [0.5, 0.6) is 0 Å². The first kappa shape index (κ1) is 10.3. The summed E-state index contributed by atoms with van der Waals surface area (Å²) in [5, 5.41) is 9.13. The van der Waals surface area contributed by atoms with Gasteiger partial charge in [-0.25, -0.2) is 9.97 Å². The molecule has 3 rings (SSSR count). The van der Waals surface area contributed by atoms with Gasteiger partial charge in [-0.3, -0.25) is 0 Å². The fourth-order valence-corrected chi connectivity index (χ4v) is 1.86. The van der Waals surface area contributed by atoms with Crippen LogP contribution in [0.2, 0.25) is 0 Å². The highest BCUT2D eigenvalue weighted by atomic mass is 16.3. The standard InChI is InChI=1S/C13H8N4O/c14-6-10-9(3-4-16-13(10)15)8-1-2-11-12(5-8)18-7-17-11/h1-5,7H,(H2,15,16). The highest BCUT2D eigenvalue weighted by molar-refractivity contribution is 5.83. The molecule has 0 saturated carbocycles. The number of nitrogens with zero attached hydrogens (tertiary/aromatic N) is 3. The molecule has 0 atom stereocenters. The monoisotopic (exact) mass is 236 g/mol. The Morgan fingerprint density at radius 3 is 2.94 bits per heavy atom. The lowest BCUT2D eigenvalue weighted by Crippen LogP contribution is -1.96. The van der Waals surface area contributed by atoms with Gasteiger partial charge in [0.1, 0.15) is 23.0 Å². The van der Waals surface area contributed by atoms with E-state index in [0.29, 0.717) is 11.1 Å². The second kappa shape index (κ2) is 3.86. The lowest BCUT2D eigenvalue weighted by molar-refractivity contribution is 0.602. The summed E-state index contributed by atoms with van der Waals surface area (Å²) < 4.78 is 5.24. The van der Waals surface area contributed by atoms with E-state index in [1.807, 2.05) is 18.2 Å². The molecule has 2 aromatic heterocycles. The predicted octanol–water partition coefficient (Wildman–Crippen LogP) is 2.34. The fourth-order valence-electron chi connectivity index (χ4n) is 1.86. The van der Waals surface area contributed by atoms with Crippen molar-refractivity contribution in [2.24, 2.45) is 0 Å². The minimum absolute atomic E-state index is 0.229. The van der Waals surface area contributed by atoms with Crippen molar-refractivity contribution in [2.75, 3.05) is 5.73 Å². The largest absolute Gasteiger partial charge is 0.443 e. The average Bonchev–Trinajstić information content (AvgIpc) is 2.85. The number of hydrogen-bond acceptors (Lipinski definition) is 5. The van der Waals surface area contributed by atoms with E-state index in [4.69, 9.17) is 15.4 Å². The van der Waals surface area contributed by atoms with Crippen molar-refractivity contribution in [3.05, 3.63) is 42.4 Å². The number of nitrogens with two attached hydrogens (primary N) is 1. The van der Waals surface area contributed by atoms with Crippen molar-refractivity contribution in [2.45, 2.75) is 0 Å². The third kappa shape index (κ3) is 1.48. The minimum Gasteiger partial charge on any atom is -0.443 e. The van der Waals surface area contributed by atoms with Crippen LogP contribution < -0.4 is 5.73 Å². The molecule has 0 saturated heterocycles. The van der Waals surface area contributed by atoms with Crippen LogP contribution in [0.3, 0.4) is 0 Å². The first-order valence-corrected chi connectivity index (χ1v) is 5.28. The molecule has 86 valence electrons. The van der Waals surface area contributed by atoms with Gasteiger partial charge in [-0.1, -0.05) is 6.07 Å². The summed E-state index contributed by atoms with van der Waals surface area (Å²) in [4.78, 5) is 7.95. The first-order chi connectivity index (χ1) is 8.79. The molecule has 0 radical (unpaired) electrons. The Morgan fingerprint density at radius 1 is 1.22 bits per heavy atom. The number of nitriles is 1. The SMILES string of the molecule is N#Cc1c(-c2ccc3ncoc3c2)ccnc1N. The van der Waals surface area contributed by atoms with Crippen molar-refractivity contribution in [3.8, 4) is 17.2 Å². The maximum Gasteiger partial charge on any atom is 0.181 e. The van der Waals surface area contributed by atoms with Gasteiger partial charge in [0, 0.05) is 11.8 Å². The summed E-state index contributed by atoms with van der Waals surface area (Å²) in [7, 11) is 0.